The number of carbonyl (C=O) groups excluding carboxylic acids is 1. The third kappa shape index (κ3) is 3.92. The molecule has 124 valence electrons. The first-order valence-corrected chi connectivity index (χ1v) is 7.15. The first kappa shape index (κ1) is 17.1. The highest BCUT2D eigenvalue weighted by Gasteiger charge is 2.24. The van der Waals surface area contributed by atoms with Gasteiger partial charge in [0.15, 0.2) is 0 Å². The molecule has 8 heteroatoms. The van der Waals surface area contributed by atoms with E-state index in [-0.39, 0.29) is 11.1 Å². The monoisotopic (exact) mass is 329 g/mol. The van der Waals surface area contributed by atoms with Gasteiger partial charge in [0.2, 0.25) is 0 Å². The normalized spacial score (nSPS) is 10.2. The highest BCUT2D eigenvalue weighted by Crippen LogP contribution is 2.27. The van der Waals surface area contributed by atoms with E-state index in [9.17, 15) is 25.0 Å². The Morgan fingerprint density at radius 3 is 2.33 bits per heavy atom. The van der Waals surface area contributed by atoms with Crippen molar-refractivity contribution < 1.29 is 14.6 Å². The van der Waals surface area contributed by atoms with Crippen LogP contribution in [0.1, 0.15) is 21.5 Å². The van der Waals surface area contributed by atoms with Crippen LogP contribution >= 0.6 is 0 Å². The molecule has 0 aromatic heterocycles. The first-order chi connectivity index (χ1) is 11.4. The van der Waals surface area contributed by atoms with Crippen LogP contribution in [0.3, 0.4) is 0 Å². The van der Waals surface area contributed by atoms with Crippen molar-refractivity contribution in [1.82, 2.24) is 5.32 Å². The van der Waals surface area contributed by atoms with Gasteiger partial charge in [-0.05, 0) is 18.9 Å². The van der Waals surface area contributed by atoms with E-state index in [4.69, 9.17) is 0 Å². The average molecular weight is 329 g/mol. The van der Waals surface area contributed by atoms with E-state index < -0.39 is 27.1 Å². The Kier molecular flexibility index (Phi) is 5.20. The fourth-order valence-electron chi connectivity index (χ4n) is 2.28. The number of hydrogen-bond donors (Lipinski definition) is 1. The number of amides is 1. The summed E-state index contributed by atoms with van der Waals surface area (Å²) in [6.07, 6.45) is 0.586. The molecule has 0 aliphatic heterocycles. The second kappa shape index (κ2) is 7.32. The largest absolute Gasteiger partial charge is 0.352 e. The Morgan fingerprint density at radius 2 is 1.75 bits per heavy atom. The van der Waals surface area contributed by atoms with Crippen LogP contribution in [-0.4, -0.2) is 22.3 Å². The minimum Gasteiger partial charge on any atom is -0.352 e. The van der Waals surface area contributed by atoms with Crippen LogP contribution in [0, 0.1) is 27.2 Å². The third-order valence-electron chi connectivity index (χ3n) is 3.56. The fraction of sp³-hybridized carbons (Fsp3) is 0.188. The molecule has 0 radical (unpaired) electrons. The lowest BCUT2D eigenvalue weighted by Crippen LogP contribution is -2.26. The summed E-state index contributed by atoms with van der Waals surface area (Å²) in [5.74, 6) is -0.574. The molecule has 0 aliphatic carbocycles. The van der Waals surface area contributed by atoms with Crippen LogP contribution < -0.4 is 5.32 Å². The lowest BCUT2D eigenvalue weighted by molar-refractivity contribution is -0.394. The maximum absolute atomic E-state index is 12.2. The van der Waals surface area contributed by atoms with Crippen molar-refractivity contribution >= 4 is 17.3 Å². The number of rotatable bonds is 6. The molecule has 1 amide bonds. The Labute approximate surface area is 137 Å². The van der Waals surface area contributed by atoms with E-state index in [1.165, 1.54) is 6.92 Å². The first-order valence-electron chi connectivity index (χ1n) is 7.15. The van der Waals surface area contributed by atoms with Gasteiger partial charge in [0.1, 0.15) is 0 Å². The smallest absolute Gasteiger partial charge is 0.279 e. The van der Waals surface area contributed by atoms with Gasteiger partial charge in [0.25, 0.3) is 17.3 Å². The highest BCUT2D eigenvalue weighted by molar-refractivity contribution is 5.97. The summed E-state index contributed by atoms with van der Waals surface area (Å²) in [4.78, 5) is 32.7. The second-order valence-electron chi connectivity index (χ2n) is 5.14. The second-order valence-corrected chi connectivity index (χ2v) is 5.14. The van der Waals surface area contributed by atoms with Gasteiger partial charge in [-0.2, -0.15) is 0 Å². The van der Waals surface area contributed by atoms with Gasteiger partial charge >= 0.3 is 0 Å². The number of nitrogens with zero attached hydrogens (tertiary/aromatic N) is 2. The zero-order chi connectivity index (χ0) is 17.7. The van der Waals surface area contributed by atoms with E-state index in [2.05, 4.69) is 5.32 Å². The number of non-ortho nitro benzene ring substituents is 1. The van der Waals surface area contributed by atoms with E-state index >= 15 is 0 Å². The number of carbonyl (C=O) groups is 1. The molecule has 0 unspecified atom stereocenters. The number of nitro groups is 2. The molecule has 1 N–H and O–H groups in total. The Balaban J connectivity index is 2.18. The van der Waals surface area contributed by atoms with E-state index in [0.29, 0.717) is 13.0 Å². The average Bonchev–Trinajstić information content (AvgIpc) is 2.55. The van der Waals surface area contributed by atoms with Crippen molar-refractivity contribution in [2.75, 3.05) is 6.54 Å². The van der Waals surface area contributed by atoms with Crippen LogP contribution in [-0.2, 0) is 6.42 Å². The minimum atomic E-state index is -0.757. The van der Waals surface area contributed by atoms with Gasteiger partial charge in [-0.3, -0.25) is 25.0 Å². The van der Waals surface area contributed by atoms with E-state index in [0.717, 1.165) is 17.7 Å². The predicted octanol–water partition coefficient (Wildman–Crippen LogP) is 2.78. The SMILES string of the molecule is Cc1c(C(=O)NCCc2ccccc2)cc([N+](=O)[O-])cc1[N+](=O)[O-]. The quantitative estimate of drug-likeness (QED) is 0.646. The van der Waals surface area contributed by atoms with Crippen molar-refractivity contribution in [1.29, 1.82) is 0 Å². The Hall–Kier alpha value is -3.29. The van der Waals surface area contributed by atoms with Crippen molar-refractivity contribution in [3.8, 4) is 0 Å². The molecule has 2 aromatic rings. The molecule has 2 aromatic carbocycles. The number of nitrogens with one attached hydrogen (secondary N) is 1. The molecule has 0 saturated carbocycles. The van der Waals surface area contributed by atoms with Gasteiger partial charge in [-0.15, -0.1) is 0 Å². The van der Waals surface area contributed by atoms with Gasteiger partial charge in [0.05, 0.1) is 21.5 Å². The van der Waals surface area contributed by atoms with Crippen molar-refractivity contribution in [2.24, 2.45) is 0 Å². The summed E-state index contributed by atoms with van der Waals surface area (Å²) in [6, 6.07) is 11.4. The van der Waals surface area contributed by atoms with Gasteiger partial charge in [0, 0.05) is 18.2 Å². The molecule has 24 heavy (non-hydrogen) atoms. The van der Waals surface area contributed by atoms with Crippen molar-refractivity contribution in [2.45, 2.75) is 13.3 Å². The zero-order valence-corrected chi connectivity index (χ0v) is 12.9. The summed E-state index contributed by atoms with van der Waals surface area (Å²) in [6.45, 7) is 1.72. The van der Waals surface area contributed by atoms with Crippen LogP contribution in [0.5, 0.6) is 0 Å². The lowest BCUT2D eigenvalue weighted by Gasteiger charge is -2.08. The summed E-state index contributed by atoms with van der Waals surface area (Å²) < 4.78 is 0. The number of nitro benzene ring substituents is 2. The number of hydrogen-bond acceptors (Lipinski definition) is 5. The molecule has 0 saturated heterocycles. The lowest BCUT2D eigenvalue weighted by atomic mass is 10.0. The van der Waals surface area contributed by atoms with Gasteiger partial charge < -0.3 is 5.32 Å². The summed E-state index contributed by atoms with van der Waals surface area (Å²) in [7, 11) is 0. The summed E-state index contributed by atoms with van der Waals surface area (Å²) in [5.41, 5.74) is 0.129. The Morgan fingerprint density at radius 1 is 1.08 bits per heavy atom. The molecule has 0 bridgehead atoms. The predicted molar refractivity (Wildman–Crippen MR) is 87.0 cm³/mol. The topological polar surface area (TPSA) is 115 Å². The molecule has 8 nitrogen and oxygen atoms in total. The maximum atomic E-state index is 12.2. The summed E-state index contributed by atoms with van der Waals surface area (Å²) >= 11 is 0. The molecule has 0 spiro atoms. The Bertz CT molecular complexity index is 790. The van der Waals surface area contributed by atoms with Crippen molar-refractivity contribution in [3.05, 3.63) is 79.4 Å². The van der Waals surface area contributed by atoms with Crippen LogP contribution in [0.2, 0.25) is 0 Å². The molecule has 2 rings (SSSR count). The van der Waals surface area contributed by atoms with E-state index in [1.807, 2.05) is 30.3 Å². The van der Waals surface area contributed by atoms with Crippen LogP contribution in [0.15, 0.2) is 42.5 Å². The molecule has 0 heterocycles. The zero-order valence-electron chi connectivity index (χ0n) is 12.9. The molecule has 0 aliphatic rings. The third-order valence-corrected chi connectivity index (χ3v) is 3.56. The fourth-order valence-corrected chi connectivity index (χ4v) is 2.28. The molecular weight excluding hydrogens is 314 g/mol. The summed E-state index contributed by atoms with van der Waals surface area (Å²) in [5, 5.41) is 24.6. The van der Waals surface area contributed by atoms with Crippen molar-refractivity contribution in [3.63, 3.8) is 0 Å². The molecule has 0 fully saturated rings. The van der Waals surface area contributed by atoms with Crippen LogP contribution in [0.4, 0.5) is 11.4 Å². The highest BCUT2D eigenvalue weighted by atomic mass is 16.6. The molecule has 0 atom stereocenters. The van der Waals surface area contributed by atoms with E-state index in [1.54, 1.807) is 0 Å². The number of benzene rings is 2. The minimum absolute atomic E-state index is 0.0658. The molecular formula is C16H15N3O5. The van der Waals surface area contributed by atoms with Gasteiger partial charge in [-0.25, -0.2) is 0 Å². The van der Waals surface area contributed by atoms with Crippen LogP contribution in [0.25, 0.3) is 0 Å². The van der Waals surface area contributed by atoms with Gasteiger partial charge in [-0.1, -0.05) is 30.3 Å². The maximum Gasteiger partial charge on any atom is 0.279 e. The standard InChI is InChI=1S/C16H15N3O5/c1-11-14(9-13(18(21)22)10-15(11)19(23)24)16(20)17-8-7-12-5-3-2-4-6-12/h2-6,9-10H,7-8H2,1H3,(H,17,20).